The van der Waals surface area contributed by atoms with E-state index in [0.29, 0.717) is 0 Å². The van der Waals surface area contributed by atoms with Crippen molar-refractivity contribution in [3.63, 3.8) is 0 Å². The topological polar surface area (TPSA) is 26.3 Å². The first-order valence-corrected chi connectivity index (χ1v) is 4.69. The fourth-order valence-corrected chi connectivity index (χ4v) is 1.15. The summed E-state index contributed by atoms with van der Waals surface area (Å²) in [4.78, 5) is 11.3. The summed E-state index contributed by atoms with van der Waals surface area (Å²) in [6.45, 7) is 3.30. The van der Waals surface area contributed by atoms with E-state index in [2.05, 4.69) is 16.6 Å². The Morgan fingerprint density at radius 3 is 2.69 bits per heavy atom. The zero-order valence-electron chi connectivity index (χ0n) is 8.93. The van der Waals surface area contributed by atoms with Gasteiger partial charge in [-0.1, -0.05) is 5.92 Å². The lowest BCUT2D eigenvalue weighted by molar-refractivity contribution is 0.0525. The van der Waals surface area contributed by atoms with Crippen molar-refractivity contribution < 1.29 is 18.3 Å². The van der Waals surface area contributed by atoms with Gasteiger partial charge in [0, 0.05) is 0 Å². The zero-order valence-corrected chi connectivity index (χ0v) is 8.93. The van der Waals surface area contributed by atoms with Crippen molar-refractivity contribution in [1.82, 2.24) is 0 Å². The number of hydrogen-bond acceptors (Lipinski definition) is 2. The van der Waals surface area contributed by atoms with Crippen molar-refractivity contribution in [3.05, 3.63) is 34.9 Å². The number of esters is 1. The molecule has 1 aromatic carbocycles. The molecule has 0 saturated heterocycles. The van der Waals surface area contributed by atoms with Gasteiger partial charge in [-0.2, -0.15) is 0 Å². The largest absolute Gasteiger partial charge is 0.462 e. The van der Waals surface area contributed by atoms with Crippen LogP contribution in [0.4, 0.5) is 8.78 Å². The van der Waals surface area contributed by atoms with E-state index in [-0.39, 0.29) is 17.7 Å². The molecule has 16 heavy (non-hydrogen) atoms. The van der Waals surface area contributed by atoms with Gasteiger partial charge in [-0.25, -0.2) is 13.6 Å². The molecule has 0 atom stereocenters. The van der Waals surface area contributed by atoms with Crippen molar-refractivity contribution in [2.75, 3.05) is 6.61 Å². The molecule has 84 valence electrons. The van der Waals surface area contributed by atoms with E-state index in [4.69, 9.17) is 0 Å². The van der Waals surface area contributed by atoms with Gasteiger partial charge in [-0.15, -0.1) is 5.92 Å². The van der Waals surface area contributed by atoms with E-state index in [0.717, 1.165) is 6.07 Å². The quantitative estimate of drug-likeness (QED) is 0.570. The zero-order chi connectivity index (χ0) is 12.1. The number of carbonyl (C=O) groups excluding carboxylic acids is 1. The lowest BCUT2D eigenvalue weighted by Gasteiger charge is -2.03. The van der Waals surface area contributed by atoms with Crippen LogP contribution in [0.3, 0.4) is 0 Å². The summed E-state index contributed by atoms with van der Waals surface area (Å²) in [5.74, 6) is 1.97. The minimum atomic E-state index is -1.11. The Hall–Kier alpha value is -1.89. The molecule has 0 aliphatic heterocycles. The molecule has 0 aliphatic carbocycles. The van der Waals surface area contributed by atoms with Gasteiger partial charge in [-0.05, 0) is 26.0 Å². The van der Waals surface area contributed by atoms with Crippen LogP contribution in [-0.2, 0) is 4.74 Å². The molecule has 0 unspecified atom stereocenters. The van der Waals surface area contributed by atoms with Crippen LogP contribution in [0, 0.1) is 23.5 Å². The van der Waals surface area contributed by atoms with Crippen molar-refractivity contribution in [2.24, 2.45) is 0 Å². The summed E-state index contributed by atoms with van der Waals surface area (Å²) in [7, 11) is 0. The molecule has 0 aromatic heterocycles. The molecule has 0 bridgehead atoms. The summed E-state index contributed by atoms with van der Waals surface area (Å²) in [5.41, 5.74) is -0.191. The lowest BCUT2D eigenvalue weighted by Crippen LogP contribution is -2.06. The molecule has 0 amide bonds. The van der Waals surface area contributed by atoms with E-state index in [1.807, 2.05) is 0 Å². The molecular weight excluding hydrogens is 214 g/mol. The van der Waals surface area contributed by atoms with Crippen LogP contribution in [-0.4, -0.2) is 12.6 Å². The minimum Gasteiger partial charge on any atom is -0.462 e. The van der Waals surface area contributed by atoms with E-state index in [1.165, 1.54) is 13.0 Å². The van der Waals surface area contributed by atoms with Gasteiger partial charge < -0.3 is 4.74 Å². The summed E-state index contributed by atoms with van der Waals surface area (Å²) in [6.07, 6.45) is 0. The molecule has 1 rings (SSSR count). The number of halogens is 2. The third kappa shape index (κ3) is 2.57. The molecule has 1 aromatic rings. The standard InChI is InChI=1S/C12H10F2O2/c1-3-5-8-6-9(12(15)16-4-2)7-10(13)11(8)14/h6-7H,4H2,1-2H3. The molecular formula is C12H10F2O2. The molecule has 0 aliphatic rings. The normalized spacial score (nSPS) is 9.25. The third-order valence-electron chi connectivity index (χ3n) is 1.80. The number of rotatable bonds is 2. The van der Waals surface area contributed by atoms with Crippen LogP contribution in [0.2, 0.25) is 0 Å². The SMILES string of the molecule is CC#Cc1cc(C(=O)OCC)cc(F)c1F. The molecule has 0 saturated carbocycles. The van der Waals surface area contributed by atoms with Gasteiger partial charge in [0.25, 0.3) is 0 Å². The Balaban J connectivity index is 3.22. The highest BCUT2D eigenvalue weighted by Crippen LogP contribution is 2.15. The summed E-state index contributed by atoms with van der Waals surface area (Å²) in [5, 5.41) is 0. The number of ether oxygens (including phenoxy) is 1. The predicted octanol–water partition coefficient (Wildman–Crippen LogP) is 2.51. The first kappa shape index (κ1) is 12.2. The Labute approximate surface area is 92.2 Å². The highest BCUT2D eigenvalue weighted by Gasteiger charge is 2.14. The maximum Gasteiger partial charge on any atom is 0.338 e. The monoisotopic (exact) mass is 224 g/mol. The van der Waals surface area contributed by atoms with Crippen LogP contribution >= 0.6 is 0 Å². The fraction of sp³-hybridized carbons (Fsp3) is 0.250. The molecule has 4 heteroatoms. The van der Waals surface area contributed by atoms with E-state index in [9.17, 15) is 13.6 Å². The van der Waals surface area contributed by atoms with E-state index < -0.39 is 17.6 Å². The maximum atomic E-state index is 13.2. The van der Waals surface area contributed by atoms with Crippen LogP contribution in [0.25, 0.3) is 0 Å². The Kier molecular flexibility index (Phi) is 4.01. The van der Waals surface area contributed by atoms with E-state index in [1.54, 1.807) is 6.92 Å². The summed E-state index contributed by atoms with van der Waals surface area (Å²) >= 11 is 0. The molecule has 0 spiro atoms. The van der Waals surface area contributed by atoms with Gasteiger partial charge in [-0.3, -0.25) is 0 Å². The second kappa shape index (κ2) is 5.26. The van der Waals surface area contributed by atoms with Crippen LogP contribution in [0.15, 0.2) is 12.1 Å². The van der Waals surface area contributed by atoms with E-state index >= 15 is 0 Å². The van der Waals surface area contributed by atoms with Crippen molar-refractivity contribution >= 4 is 5.97 Å². The maximum absolute atomic E-state index is 13.2. The first-order valence-electron chi connectivity index (χ1n) is 4.69. The lowest BCUT2D eigenvalue weighted by atomic mass is 10.1. The fourth-order valence-electron chi connectivity index (χ4n) is 1.15. The van der Waals surface area contributed by atoms with Gasteiger partial charge in [0.2, 0.25) is 0 Å². The van der Waals surface area contributed by atoms with Crippen LogP contribution in [0.5, 0.6) is 0 Å². The van der Waals surface area contributed by atoms with Crippen molar-refractivity contribution in [3.8, 4) is 11.8 Å². The van der Waals surface area contributed by atoms with Gasteiger partial charge >= 0.3 is 5.97 Å². The second-order valence-corrected chi connectivity index (χ2v) is 2.92. The van der Waals surface area contributed by atoms with Crippen molar-refractivity contribution in [2.45, 2.75) is 13.8 Å². The summed E-state index contributed by atoms with van der Waals surface area (Å²) < 4.78 is 31.0. The third-order valence-corrected chi connectivity index (χ3v) is 1.80. The Morgan fingerprint density at radius 2 is 2.12 bits per heavy atom. The average Bonchev–Trinajstić information content (AvgIpc) is 2.25. The Morgan fingerprint density at radius 1 is 1.44 bits per heavy atom. The number of hydrogen-bond donors (Lipinski definition) is 0. The van der Waals surface area contributed by atoms with Gasteiger partial charge in [0.15, 0.2) is 11.6 Å². The van der Waals surface area contributed by atoms with Crippen molar-refractivity contribution in [1.29, 1.82) is 0 Å². The van der Waals surface area contributed by atoms with Gasteiger partial charge in [0.1, 0.15) is 0 Å². The van der Waals surface area contributed by atoms with Crippen LogP contribution < -0.4 is 0 Å². The smallest absolute Gasteiger partial charge is 0.338 e. The average molecular weight is 224 g/mol. The highest BCUT2D eigenvalue weighted by molar-refractivity contribution is 5.89. The second-order valence-electron chi connectivity index (χ2n) is 2.92. The Bertz CT molecular complexity index is 470. The molecule has 0 fully saturated rings. The summed E-state index contributed by atoms with van der Waals surface area (Å²) in [6, 6.07) is 1.97. The first-order chi connectivity index (χ1) is 7.60. The molecule has 0 N–H and O–H groups in total. The molecule has 2 nitrogen and oxygen atoms in total. The molecule has 0 heterocycles. The minimum absolute atomic E-state index is 0.0431. The van der Waals surface area contributed by atoms with Crippen LogP contribution in [0.1, 0.15) is 29.8 Å². The van der Waals surface area contributed by atoms with Gasteiger partial charge in [0.05, 0.1) is 17.7 Å². The number of benzene rings is 1. The predicted molar refractivity (Wildman–Crippen MR) is 54.9 cm³/mol. The highest BCUT2D eigenvalue weighted by atomic mass is 19.2. The number of carbonyl (C=O) groups is 1. The molecule has 0 radical (unpaired) electrons.